The average molecular weight is 585 g/mol. The van der Waals surface area contributed by atoms with E-state index in [1.54, 1.807) is 6.07 Å². The van der Waals surface area contributed by atoms with E-state index in [9.17, 15) is 14.4 Å². The van der Waals surface area contributed by atoms with Crippen LogP contribution in [0.1, 0.15) is 77.2 Å². The average Bonchev–Trinajstić information content (AvgIpc) is 3.59. The van der Waals surface area contributed by atoms with Gasteiger partial charge in [-0.15, -0.1) is 0 Å². The first kappa shape index (κ1) is 28.8. The number of nitrogens with one attached hydrogen (secondary N) is 2. The lowest BCUT2D eigenvalue weighted by Crippen LogP contribution is -2.47. The third-order valence-corrected chi connectivity index (χ3v) is 8.65. The molecule has 2 N–H and O–H groups in total. The Balaban J connectivity index is 1.17. The van der Waals surface area contributed by atoms with E-state index in [2.05, 4.69) is 56.6 Å². The van der Waals surface area contributed by atoms with Crippen molar-refractivity contribution in [2.75, 3.05) is 54.4 Å². The first-order valence-electron chi connectivity index (χ1n) is 15.4. The van der Waals surface area contributed by atoms with Crippen molar-refractivity contribution in [1.29, 1.82) is 0 Å². The molecule has 226 valence electrons. The van der Waals surface area contributed by atoms with Crippen molar-refractivity contribution in [3.05, 3.63) is 71.4 Å². The monoisotopic (exact) mass is 584 g/mol. The van der Waals surface area contributed by atoms with Crippen LogP contribution in [0.3, 0.4) is 0 Å². The Morgan fingerprint density at radius 1 is 1.00 bits per heavy atom. The molecule has 3 heterocycles. The number of benzene rings is 2. The second-order valence-corrected chi connectivity index (χ2v) is 11.9. The highest BCUT2D eigenvalue weighted by Crippen LogP contribution is 2.39. The Morgan fingerprint density at radius 3 is 2.44 bits per heavy atom. The molecule has 1 saturated carbocycles. The van der Waals surface area contributed by atoms with Crippen LogP contribution < -0.4 is 20.4 Å². The van der Waals surface area contributed by atoms with Gasteiger partial charge in [0.05, 0.1) is 11.4 Å². The maximum absolute atomic E-state index is 13.3. The molecule has 10 nitrogen and oxygen atoms in total. The van der Waals surface area contributed by atoms with E-state index in [0.717, 1.165) is 57.7 Å². The van der Waals surface area contributed by atoms with E-state index < -0.39 is 0 Å². The molecule has 0 bridgehead atoms. The molecular formula is C33H40N6O4. The quantitative estimate of drug-likeness (QED) is 0.359. The largest absolute Gasteiger partial charge is 0.448 e. The minimum Gasteiger partial charge on any atom is -0.448 e. The Labute approximate surface area is 252 Å². The molecule has 2 aliphatic heterocycles. The molecule has 3 aromatic rings. The molecule has 1 aliphatic carbocycles. The number of hydrogen-bond acceptors (Lipinski definition) is 7. The van der Waals surface area contributed by atoms with Gasteiger partial charge in [-0.05, 0) is 69.4 Å². The summed E-state index contributed by atoms with van der Waals surface area (Å²) < 4.78 is 5.55. The molecule has 2 aromatic carbocycles. The fourth-order valence-corrected chi connectivity index (χ4v) is 5.92. The van der Waals surface area contributed by atoms with Crippen LogP contribution >= 0.6 is 0 Å². The molecule has 1 aromatic heterocycles. The fraction of sp³-hybridized carbons (Fsp3) is 0.455. The molecule has 2 saturated heterocycles. The molecule has 0 spiro atoms. The number of piperazine rings is 1. The maximum Gasteiger partial charge on any atom is 0.277 e. The Hall–Kier alpha value is -4.34. The van der Waals surface area contributed by atoms with Crippen LogP contribution in [0.5, 0.6) is 0 Å². The third-order valence-electron chi connectivity index (χ3n) is 8.65. The molecule has 3 fully saturated rings. The summed E-state index contributed by atoms with van der Waals surface area (Å²) in [6.45, 7) is 8.72. The van der Waals surface area contributed by atoms with Crippen LogP contribution in [0.25, 0.3) is 0 Å². The lowest BCUT2D eigenvalue weighted by molar-refractivity contribution is -0.127. The van der Waals surface area contributed by atoms with Crippen molar-refractivity contribution in [3.8, 4) is 0 Å². The van der Waals surface area contributed by atoms with Gasteiger partial charge in [0.25, 0.3) is 11.8 Å². The SMILES string of the molecule is Cc1ccccc1N1CCN(c2ccc(C(=O)NC(C)CCN3CCCC3=O)cc2NC(=O)c2coc(C3CC3)n2)CC1. The molecule has 1 atom stereocenters. The Bertz CT molecular complexity index is 1490. The summed E-state index contributed by atoms with van der Waals surface area (Å²) in [6, 6.07) is 13.8. The second kappa shape index (κ2) is 12.5. The van der Waals surface area contributed by atoms with E-state index >= 15 is 0 Å². The van der Waals surface area contributed by atoms with Gasteiger partial charge in [0.2, 0.25) is 5.91 Å². The van der Waals surface area contributed by atoms with Crippen LogP contribution in [0.15, 0.2) is 53.1 Å². The van der Waals surface area contributed by atoms with Crippen LogP contribution in [-0.4, -0.2) is 72.9 Å². The van der Waals surface area contributed by atoms with Crippen molar-refractivity contribution in [2.24, 2.45) is 0 Å². The standard InChI is InChI=1S/C33H40N6O4/c1-22-6-3-4-7-28(22)37-16-18-38(19-17-37)29-12-11-25(31(41)34-23(2)13-15-39-14-5-8-30(39)40)20-26(29)35-32(42)27-21-43-33(36-27)24-9-10-24/h3-4,6-7,11-12,20-21,23-24H,5,8-10,13-19H2,1-2H3,(H,34,41)(H,35,42). The molecule has 43 heavy (non-hydrogen) atoms. The number of carbonyl (C=O) groups is 3. The lowest BCUT2D eigenvalue weighted by Gasteiger charge is -2.38. The molecule has 0 radical (unpaired) electrons. The highest BCUT2D eigenvalue weighted by Gasteiger charge is 2.30. The van der Waals surface area contributed by atoms with E-state index in [1.165, 1.54) is 17.5 Å². The van der Waals surface area contributed by atoms with Crippen molar-refractivity contribution < 1.29 is 18.8 Å². The van der Waals surface area contributed by atoms with Gasteiger partial charge in [0, 0.05) is 68.9 Å². The number of anilines is 3. The first-order chi connectivity index (χ1) is 20.9. The number of oxazole rings is 1. The van der Waals surface area contributed by atoms with Gasteiger partial charge < -0.3 is 29.8 Å². The smallest absolute Gasteiger partial charge is 0.277 e. The molecular weight excluding hydrogens is 544 g/mol. The number of rotatable bonds is 10. The summed E-state index contributed by atoms with van der Waals surface area (Å²) >= 11 is 0. The van der Waals surface area contributed by atoms with E-state index in [0.29, 0.717) is 42.4 Å². The Kier molecular flexibility index (Phi) is 8.35. The van der Waals surface area contributed by atoms with E-state index in [-0.39, 0.29) is 29.5 Å². The van der Waals surface area contributed by atoms with Gasteiger partial charge in [-0.25, -0.2) is 4.98 Å². The van der Waals surface area contributed by atoms with Gasteiger partial charge in [-0.3, -0.25) is 14.4 Å². The lowest BCUT2D eigenvalue weighted by atomic mass is 10.1. The Morgan fingerprint density at radius 2 is 1.74 bits per heavy atom. The zero-order valence-corrected chi connectivity index (χ0v) is 25.0. The minimum absolute atomic E-state index is 0.107. The van der Waals surface area contributed by atoms with E-state index in [1.807, 2.05) is 24.0 Å². The number of hydrogen-bond donors (Lipinski definition) is 2. The number of carbonyl (C=O) groups excluding carboxylic acids is 3. The third kappa shape index (κ3) is 6.68. The van der Waals surface area contributed by atoms with Crippen molar-refractivity contribution in [2.45, 2.75) is 57.9 Å². The van der Waals surface area contributed by atoms with Crippen LogP contribution in [0.2, 0.25) is 0 Å². The summed E-state index contributed by atoms with van der Waals surface area (Å²) in [7, 11) is 0. The van der Waals surface area contributed by atoms with Gasteiger partial charge in [-0.2, -0.15) is 0 Å². The fourth-order valence-electron chi connectivity index (χ4n) is 5.92. The van der Waals surface area contributed by atoms with Crippen LogP contribution in [-0.2, 0) is 4.79 Å². The molecule has 6 rings (SSSR count). The summed E-state index contributed by atoms with van der Waals surface area (Å²) in [5.41, 5.74) is 4.61. The van der Waals surface area contributed by atoms with Gasteiger partial charge >= 0.3 is 0 Å². The number of nitrogens with zero attached hydrogens (tertiary/aromatic N) is 4. The summed E-state index contributed by atoms with van der Waals surface area (Å²) in [5, 5.41) is 6.08. The van der Waals surface area contributed by atoms with Crippen molar-refractivity contribution in [3.63, 3.8) is 0 Å². The zero-order valence-electron chi connectivity index (χ0n) is 25.0. The number of aromatic nitrogens is 1. The summed E-state index contributed by atoms with van der Waals surface area (Å²) in [6.07, 6.45) is 5.66. The summed E-state index contributed by atoms with van der Waals surface area (Å²) in [5.74, 6) is 0.515. The molecule has 3 aliphatic rings. The zero-order chi connectivity index (χ0) is 29.9. The molecule has 10 heteroatoms. The van der Waals surface area contributed by atoms with Gasteiger partial charge in [0.15, 0.2) is 11.6 Å². The predicted molar refractivity (Wildman–Crippen MR) is 166 cm³/mol. The minimum atomic E-state index is -0.364. The predicted octanol–water partition coefficient (Wildman–Crippen LogP) is 4.57. The van der Waals surface area contributed by atoms with Crippen LogP contribution in [0, 0.1) is 6.92 Å². The van der Waals surface area contributed by atoms with E-state index in [4.69, 9.17) is 4.42 Å². The maximum atomic E-state index is 13.3. The number of likely N-dealkylation sites (tertiary alicyclic amines) is 1. The number of amides is 3. The number of aryl methyl sites for hydroxylation is 1. The number of para-hydroxylation sites is 1. The molecule has 3 amide bonds. The van der Waals surface area contributed by atoms with Crippen molar-refractivity contribution in [1.82, 2.24) is 15.2 Å². The molecule has 1 unspecified atom stereocenters. The summed E-state index contributed by atoms with van der Waals surface area (Å²) in [4.78, 5) is 49.4. The topological polar surface area (TPSA) is 111 Å². The highest BCUT2D eigenvalue weighted by molar-refractivity contribution is 6.06. The van der Waals surface area contributed by atoms with Crippen molar-refractivity contribution >= 4 is 34.8 Å². The van der Waals surface area contributed by atoms with Crippen LogP contribution in [0.4, 0.5) is 17.1 Å². The normalized spacial score (nSPS) is 17.7. The van der Waals surface area contributed by atoms with Gasteiger partial charge in [-0.1, -0.05) is 18.2 Å². The first-order valence-corrected chi connectivity index (χ1v) is 15.4. The highest BCUT2D eigenvalue weighted by atomic mass is 16.3. The van der Waals surface area contributed by atoms with Gasteiger partial charge in [0.1, 0.15) is 6.26 Å². The second-order valence-electron chi connectivity index (χ2n) is 11.9.